The van der Waals surface area contributed by atoms with Crippen molar-refractivity contribution in [3.05, 3.63) is 71.8 Å². The van der Waals surface area contributed by atoms with E-state index < -0.39 is 6.09 Å². The number of carboxylic acid groups (broad SMARTS) is 1. The van der Waals surface area contributed by atoms with Gasteiger partial charge in [0.15, 0.2) is 0 Å². The molecule has 0 aliphatic carbocycles. The average molecular weight is 338 g/mol. The molecule has 0 radical (unpaired) electrons. The number of rotatable bonds is 4. The van der Waals surface area contributed by atoms with Crippen molar-refractivity contribution in [2.24, 2.45) is 0 Å². The topological polar surface area (TPSA) is 52.2 Å². The quantitative estimate of drug-likeness (QED) is 0.872. The monoisotopic (exact) mass is 338 g/mol. The summed E-state index contributed by atoms with van der Waals surface area (Å²) in [5, 5.41) is 13.5. The molecule has 132 valence electrons. The number of hydrogen-bond acceptors (Lipinski definition) is 2. The molecule has 0 bridgehead atoms. The Bertz CT molecular complexity index is 677. The summed E-state index contributed by atoms with van der Waals surface area (Å²) in [6, 6.07) is 21.1. The molecule has 1 aliphatic rings. The third-order valence-corrected chi connectivity index (χ3v) is 5.48. The van der Waals surface area contributed by atoms with Crippen LogP contribution in [0.15, 0.2) is 60.7 Å². The highest BCUT2D eigenvalue weighted by molar-refractivity contribution is 5.62. The van der Waals surface area contributed by atoms with Crippen molar-refractivity contribution >= 4 is 6.09 Å². The first-order valence-corrected chi connectivity index (χ1v) is 8.78. The maximum atomic E-state index is 10.9. The van der Waals surface area contributed by atoms with Gasteiger partial charge in [-0.2, -0.15) is 0 Å². The van der Waals surface area contributed by atoms with Gasteiger partial charge in [-0.15, -0.1) is 0 Å². The van der Waals surface area contributed by atoms with Crippen LogP contribution in [-0.4, -0.2) is 35.2 Å². The van der Waals surface area contributed by atoms with Crippen molar-refractivity contribution in [2.75, 3.05) is 13.1 Å². The van der Waals surface area contributed by atoms with E-state index >= 15 is 0 Å². The second-order valence-corrected chi connectivity index (χ2v) is 7.92. The molecule has 1 heterocycles. The van der Waals surface area contributed by atoms with Gasteiger partial charge < -0.3 is 19.7 Å². The van der Waals surface area contributed by atoms with Gasteiger partial charge in [0.2, 0.25) is 0 Å². The van der Waals surface area contributed by atoms with E-state index in [4.69, 9.17) is 0 Å². The Labute approximate surface area is 149 Å². The molecule has 1 N–H and O–H groups in total. The predicted molar refractivity (Wildman–Crippen MR) is 96.8 cm³/mol. The fourth-order valence-electron chi connectivity index (χ4n) is 4.17. The largest absolute Gasteiger partial charge is 0.530 e. The van der Waals surface area contributed by atoms with E-state index in [9.17, 15) is 9.90 Å². The molecule has 0 spiro atoms. The zero-order chi connectivity index (χ0) is 18.1. The van der Waals surface area contributed by atoms with E-state index in [0.717, 1.165) is 17.6 Å². The minimum Gasteiger partial charge on any atom is -0.530 e. The molecule has 1 fully saturated rings. The summed E-state index contributed by atoms with van der Waals surface area (Å²) in [5.74, 6) is 0. The van der Waals surface area contributed by atoms with Crippen molar-refractivity contribution in [2.45, 2.75) is 38.4 Å². The number of carbonyl (C=O) groups excluding carboxylic acids is 1. The highest BCUT2D eigenvalue weighted by atomic mass is 16.4. The van der Waals surface area contributed by atoms with Crippen LogP contribution in [0.1, 0.15) is 37.9 Å². The van der Waals surface area contributed by atoms with Crippen LogP contribution in [0.25, 0.3) is 0 Å². The summed E-state index contributed by atoms with van der Waals surface area (Å²) < 4.78 is 0.811. The molecule has 0 saturated carbocycles. The van der Waals surface area contributed by atoms with Crippen LogP contribution in [-0.2, 0) is 0 Å². The van der Waals surface area contributed by atoms with Crippen LogP contribution in [0.2, 0.25) is 0 Å². The zero-order valence-corrected chi connectivity index (χ0v) is 15.1. The van der Waals surface area contributed by atoms with Crippen LogP contribution in [0.4, 0.5) is 4.79 Å². The summed E-state index contributed by atoms with van der Waals surface area (Å²) in [4.78, 5) is 10.9. The Morgan fingerprint density at radius 1 is 1.00 bits per heavy atom. The van der Waals surface area contributed by atoms with Gasteiger partial charge in [0.1, 0.15) is 31.3 Å². The molecule has 1 aliphatic heterocycles. The van der Waals surface area contributed by atoms with Crippen LogP contribution < -0.4 is 10.4 Å². The van der Waals surface area contributed by atoms with Crippen molar-refractivity contribution in [1.29, 1.82) is 0 Å². The summed E-state index contributed by atoms with van der Waals surface area (Å²) in [6.45, 7) is 8.22. The van der Waals surface area contributed by atoms with Crippen molar-refractivity contribution in [3.63, 3.8) is 0 Å². The predicted octanol–water partition coefficient (Wildman–Crippen LogP) is 2.71. The van der Waals surface area contributed by atoms with Gasteiger partial charge in [-0.1, -0.05) is 60.7 Å². The molecule has 2 aromatic carbocycles. The number of quaternary nitrogens is 1. The first-order valence-electron chi connectivity index (χ1n) is 8.78. The Morgan fingerprint density at radius 2 is 1.44 bits per heavy atom. The lowest BCUT2D eigenvalue weighted by Crippen LogP contribution is -2.78. The van der Waals surface area contributed by atoms with Crippen LogP contribution in [0.3, 0.4) is 0 Å². The molecule has 1 amide bonds. The van der Waals surface area contributed by atoms with Gasteiger partial charge in [0.25, 0.3) is 0 Å². The molecule has 1 saturated heterocycles. The SMILES string of the molecule is CC(C)(C)[N+]1(C(c2ccccc2)c2ccccc2)CC(NC(=O)[O-])C1. The fraction of sp³-hybridized carbons (Fsp3) is 0.381. The Morgan fingerprint density at radius 3 is 1.80 bits per heavy atom. The van der Waals surface area contributed by atoms with Crippen LogP contribution in [0, 0.1) is 0 Å². The molecule has 0 aromatic heterocycles. The summed E-state index contributed by atoms with van der Waals surface area (Å²) in [7, 11) is 0. The van der Waals surface area contributed by atoms with Crippen molar-refractivity contribution in [3.8, 4) is 0 Å². The molecule has 4 nitrogen and oxygen atoms in total. The smallest absolute Gasteiger partial charge is 0.141 e. The van der Waals surface area contributed by atoms with E-state index in [1.54, 1.807) is 0 Å². The van der Waals surface area contributed by atoms with Crippen molar-refractivity contribution < 1.29 is 14.4 Å². The zero-order valence-electron chi connectivity index (χ0n) is 15.1. The number of nitrogens with one attached hydrogen (secondary N) is 1. The number of amides is 1. The third kappa shape index (κ3) is 3.27. The number of carbonyl (C=O) groups is 1. The van der Waals surface area contributed by atoms with E-state index in [-0.39, 0.29) is 17.6 Å². The van der Waals surface area contributed by atoms with Gasteiger partial charge >= 0.3 is 0 Å². The molecular formula is C21H26N2O2. The summed E-state index contributed by atoms with van der Waals surface area (Å²) >= 11 is 0. The van der Waals surface area contributed by atoms with Gasteiger partial charge in [-0.25, -0.2) is 0 Å². The normalized spacial score (nSPS) is 23.1. The van der Waals surface area contributed by atoms with Gasteiger partial charge in [0.05, 0.1) is 5.54 Å². The van der Waals surface area contributed by atoms with E-state index in [2.05, 4.69) is 74.6 Å². The van der Waals surface area contributed by atoms with E-state index in [1.807, 2.05) is 12.1 Å². The number of benzene rings is 2. The number of hydrogen-bond donors (Lipinski definition) is 1. The molecule has 25 heavy (non-hydrogen) atoms. The summed E-state index contributed by atoms with van der Waals surface area (Å²) in [6.07, 6.45) is -1.19. The van der Waals surface area contributed by atoms with E-state index in [0.29, 0.717) is 0 Å². The van der Waals surface area contributed by atoms with Crippen LogP contribution >= 0.6 is 0 Å². The lowest BCUT2D eigenvalue weighted by molar-refractivity contribution is -1.03. The highest BCUT2D eigenvalue weighted by Crippen LogP contribution is 2.46. The maximum Gasteiger partial charge on any atom is 0.141 e. The Balaban J connectivity index is 2.05. The van der Waals surface area contributed by atoms with Gasteiger partial charge in [-0.3, -0.25) is 0 Å². The Hall–Kier alpha value is -2.33. The lowest BCUT2D eigenvalue weighted by Gasteiger charge is -2.62. The lowest BCUT2D eigenvalue weighted by atomic mass is 9.82. The first-order chi connectivity index (χ1) is 11.8. The second kappa shape index (κ2) is 6.52. The molecule has 3 rings (SSSR count). The van der Waals surface area contributed by atoms with Gasteiger partial charge in [-0.05, 0) is 20.8 Å². The first kappa shape index (κ1) is 17.5. The van der Waals surface area contributed by atoms with Crippen molar-refractivity contribution in [1.82, 2.24) is 5.32 Å². The van der Waals surface area contributed by atoms with Crippen LogP contribution in [0.5, 0.6) is 0 Å². The molecule has 2 aromatic rings. The number of nitrogens with zero attached hydrogens (tertiary/aromatic N) is 1. The molecule has 0 atom stereocenters. The molecule has 4 heteroatoms. The third-order valence-electron chi connectivity index (χ3n) is 5.48. The molecular weight excluding hydrogens is 312 g/mol. The van der Waals surface area contributed by atoms with E-state index in [1.165, 1.54) is 11.1 Å². The fourth-order valence-corrected chi connectivity index (χ4v) is 4.17. The highest BCUT2D eigenvalue weighted by Gasteiger charge is 2.57. The average Bonchev–Trinajstić information content (AvgIpc) is 2.53. The maximum absolute atomic E-state index is 10.9. The second-order valence-electron chi connectivity index (χ2n) is 7.92. The Kier molecular flexibility index (Phi) is 4.56. The molecule has 0 unspecified atom stereocenters. The summed E-state index contributed by atoms with van der Waals surface area (Å²) in [5.41, 5.74) is 2.49. The minimum atomic E-state index is -1.19. The number of likely N-dealkylation sites (tertiary alicyclic amines) is 1. The van der Waals surface area contributed by atoms with Gasteiger partial charge in [0, 0.05) is 11.1 Å². The standard InChI is InChI=1S/C21H26N2O2/c1-21(2,3)23(14-18(15-23)22-20(24)25)19(16-10-6-4-7-11-16)17-12-8-5-9-13-17/h4-13,18-19,22H,14-15H2,1-3H3. The minimum absolute atomic E-state index is 0.0273.